The van der Waals surface area contributed by atoms with E-state index in [0.717, 1.165) is 34.1 Å². The standard InChI is InChI=1S/C18H18N2O/c1-12-9-13(2)19-15(12)10-17-18(21-3)11-16(20-17)14-7-5-4-6-8-14/h4-11,19H,1-3H3/b17-10-. The van der Waals surface area contributed by atoms with Gasteiger partial charge in [-0.05, 0) is 31.6 Å². The number of benzene rings is 1. The van der Waals surface area contributed by atoms with Crippen LogP contribution >= 0.6 is 0 Å². The van der Waals surface area contributed by atoms with E-state index in [2.05, 4.69) is 37.0 Å². The van der Waals surface area contributed by atoms with Gasteiger partial charge in [0.1, 0.15) is 11.5 Å². The van der Waals surface area contributed by atoms with Gasteiger partial charge in [-0.3, -0.25) is 0 Å². The Morgan fingerprint density at radius 3 is 2.52 bits per heavy atom. The number of hydrogen-bond donors (Lipinski definition) is 1. The van der Waals surface area contributed by atoms with Crippen LogP contribution < -0.4 is 0 Å². The quantitative estimate of drug-likeness (QED) is 0.905. The highest BCUT2D eigenvalue weighted by Crippen LogP contribution is 2.25. The van der Waals surface area contributed by atoms with Gasteiger partial charge in [-0.25, -0.2) is 4.99 Å². The molecule has 1 aliphatic heterocycles. The molecule has 1 aromatic heterocycles. The van der Waals surface area contributed by atoms with E-state index in [4.69, 9.17) is 9.73 Å². The number of nitrogens with zero attached hydrogens (tertiary/aromatic N) is 1. The van der Waals surface area contributed by atoms with E-state index in [0.29, 0.717) is 0 Å². The number of H-pyrrole nitrogens is 1. The molecule has 1 N–H and O–H groups in total. The summed E-state index contributed by atoms with van der Waals surface area (Å²) in [6.45, 7) is 4.14. The van der Waals surface area contributed by atoms with Crippen LogP contribution in [0.25, 0.3) is 6.08 Å². The minimum Gasteiger partial charge on any atom is -0.494 e. The van der Waals surface area contributed by atoms with Gasteiger partial charge in [-0.2, -0.15) is 0 Å². The third-order valence-corrected chi connectivity index (χ3v) is 3.52. The van der Waals surface area contributed by atoms with Gasteiger partial charge in [0.15, 0.2) is 0 Å². The molecule has 0 amide bonds. The first-order valence-electron chi connectivity index (χ1n) is 6.95. The Labute approximate surface area is 124 Å². The normalized spacial score (nSPS) is 16.0. The summed E-state index contributed by atoms with van der Waals surface area (Å²) in [5.74, 6) is 0.792. The van der Waals surface area contributed by atoms with Crippen LogP contribution in [0.5, 0.6) is 0 Å². The molecular formula is C18H18N2O. The van der Waals surface area contributed by atoms with E-state index in [1.807, 2.05) is 30.4 Å². The number of aromatic nitrogens is 1. The zero-order chi connectivity index (χ0) is 14.8. The fourth-order valence-corrected chi connectivity index (χ4v) is 2.48. The van der Waals surface area contributed by atoms with Crippen molar-refractivity contribution in [3.63, 3.8) is 0 Å². The highest BCUT2D eigenvalue weighted by atomic mass is 16.5. The molecule has 2 aromatic rings. The molecule has 21 heavy (non-hydrogen) atoms. The van der Waals surface area contributed by atoms with Crippen LogP contribution in [0.15, 0.2) is 58.9 Å². The maximum absolute atomic E-state index is 5.46. The predicted molar refractivity (Wildman–Crippen MR) is 86.3 cm³/mol. The van der Waals surface area contributed by atoms with Crippen LogP contribution in [-0.4, -0.2) is 17.8 Å². The third-order valence-electron chi connectivity index (χ3n) is 3.52. The lowest BCUT2D eigenvalue weighted by atomic mass is 10.1. The highest BCUT2D eigenvalue weighted by Gasteiger charge is 2.16. The SMILES string of the molecule is COC1=CC(c2ccccc2)=N/C1=C\c1[nH]c(C)cc1C. The van der Waals surface area contributed by atoms with Crippen molar-refractivity contribution >= 4 is 11.8 Å². The van der Waals surface area contributed by atoms with Crippen molar-refractivity contribution in [1.82, 2.24) is 4.98 Å². The number of aryl methyl sites for hydroxylation is 2. The number of ether oxygens (including phenoxy) is 1. The summed E-state index contributed by atoms with van der Waals surface area (Å²) in [5.41, 5.74) is 6.30. The monoisotopic (exact) mass is 278 g/mol. The molecule has 2 heterocycles. The molecule has 0 radical (unpaired) electrons. The summed E-state index contributed by atoms with van der Waals surface area (Å²) in [4.78, 5) is 8.04. The van der Waals surface area contributed by atoms with Crippen molar-refractivity contribution in [2.75, 3.05) is 7.11 Å². The Kier molecular flexibility index (Phi) is 3.48. The maximum atomic E-state index is 5.46. The van der Waals surface area contributed by atoms with Crippen LogP contribution in [0, 0.1) is 13.8 Å². The van der Waals surface area contributed by atoms with Crippen molar-refractivity contribution < 1.29 is 4.74 Å². The smallest absolute Gasteiger partial charge is 0.146 e. The first-order chi connectivity index (χ1) is 10.2. The van der Waals surface area contributed by atoms with Crippen molar-refractivity contribution in [1.29, 1.82) is 0 Å². The van der Waals surface area contributed by atoms with Gasteiger partial charge in [0, 0.05) is 23.0 Å². The lowest BCUT2D eigenvalue weighted by Crippen LogP contribution is -1.92. The fourth-order valence-electron chi connectivity index (χ4n) is 2.48. The number of methoxy groups -OCH3 is 1. The van der Waals surface area contributed by atoms with Crippen LogP contribution in [-0.2, 0) is 4.74 Å². The summed E-state index contributed by atoms with van der Waals surface area (Å²) < 4.78 is 5.46. The molecule has 0 saturated heterocycles. The zero-order valence-electron chi connectivity index (χ0n) is 12.5. The first-order valence-corrected chi connectivity index (χ1v) is 6.95. The van der Waals surface area contributed by atoms with Gasteiger partial charge in [0.05, 0.1) is 12.8 Å². The van der Waals surface area contributed by atoms with E-state index in [-0.39, 0.29) is 0 Å². The van der Waals surface area contributed by atoms with Gasteiger partial charge in [0.2, 0.25) is 0 Å². The molecule has 3 rings (SSSR count). The Morgan fingerprint density at radius 2 is 1.90 bits per heavy atom. The zero-order valence-corrected chi connectivity index (χ0v) is 12.5. The summed E-state index contributed by atoms with van der Waals surface area (Å²) in [6.07, 6.45) is 4.01. The van der Waals surface area contributed by atoms with Crippen LogP contribution in [0.2, 0.25) is 0 Å². The number of allylic oxidation sites excluding steroid dienone is 1. The summed E-state index contributed by atoms with van der Waals surface area (Å²) >= 11 is 0. The summed E-state index contributed by atoms with van der Waals surface area (Å²) in [7, 11) is 1.68. The molecule has 3 nitrogen and oxygen atoms in total. The van der Waals surface area contributed by atoms with E-state index in [1.165, 1.54) is 5.56 Å². The topological polar surface area (TPSA) is 37.4 Å². The van der Waals surface area contributed by atoms with E-state index in [9.17, 15) is 0 Å². The lowest BCUT2D eigenvalue weighted by Gasteiger charge is -2.01. The van der Waals surface area contributed by atoms with Gasteiger partial charge in [-0.1, -0.05) is 30.3 Å². The molecule has 0 unspecified atom stereocenters. The molecule has 106 valence electrons. The highest BCUT2D eigenvalue weighted by molar-refractivity contribution is 6.12. The number of aromatic amines is 1. The molecule has 3 heteroatoms. The van der Waals surface area contributed by atoms with E-state index >= 15 is 0 Å². The Balaban J connectivity index is 2.01. The van der Waals surface area contributed by atoms with Crippen LogP contribution in [0.4, 0.5) is 0 Å². The average molecular weight is 278 g/mol. The van der Waals surface area contributed by atoms with Gasteiger partial charge in [-0.15, -0.1) is 0 Å². The van der Waals surface area contributed by atoms with Crippen molar-refractivity contribution in [2.45, 2.75) is 13.8 Å². The van der Waals surface area contributed by atoms with Crippen molar-refractivity contribution in [3.05, 3.63) is 76.4 Å². The first kappa shape index (κ1) is 13.4. The average Bonchev–Trinajstić information content (AvgIpc) is 3.04. The lowest BCUT2D eigenvalue weighted by molar-refractivity contribution is 0.303. The molecule has 0 aliphatic carbocycles. The van der Waals surface area contributed by atoms with E-state index < -0.39 is 0 Å². The predicted octanol–water partition coefficient (Wildman–Crippen LogP) is 4.01. The summed E-state index contributed by atoms with van der Waals surface area (Å²) in [5, 5.41) is 0. The molecule has 0 spiro atoms. The number of hydrogen-bond acceptors (Lipinski definition) is 2. The second-order valence-corrected chi connectivity index (χ2v) is 5.15. The molecule has 0 saturated carbocycles. The number of rotatable bonds is 3. The Morgan fingerprint density at radius 1 is 1.14 bits per heavy atom. The Hall–Kier alpha value is -2.55. The Bertz CT molecular complexity index is 749. The molecular weight excluding hydrogens is 260 g/mol. The number of nitrogens with one attached hydrogen (secondary N) is 1. The molecule has 0 fully saturated rings. The minimum atomic E-state index is 0.792. The minimum absolute atomic E-state index is 0.792. The largest absolute Gasteiger partial charge is 0.494 e. The molecule has 0 atom stereocenters. The van der Waals surface area contributed by atoms with E-state index in [1.54, 1.807) is 7.11 Å². The third kappa shape index (κ3) is 2.68. The van der Waals surface area contributed by atoms with Gasteiger partial charge in [0.25, 0.3) is 0 Å². The van der Waals surface area contributed by atoms with Gasteiger partial charge >= 0.3 is 0 Å². The summed E-state index contributed by atoms with van der Waals surface area (Å²) in [6, 6.07) is 12.3. The number of aliphatic imine (C=N–C) groups is 1. The van der Waals surface area contributed by atoms with Crippen molar-refractivity contribution in [2.24, 2.45) is 4.99 Å². The molecule has 1 aliphatic rings. The second-order valence-electron chi connectivity index (χ2n) is 5.15. The molecule has 1 aromatic carbocycles. The van der Waals surface area contributed by atoms with Gasteiger partial charge < -0.3 is 9.72 Å². The van der Waals surface area contributed by atoms with Crippen LogP contribution in [0.1, 0.15) is 22.5 Å². The molecule has 0 bridgehead atoms. The second kappa shape index (κ2) is 5.44. The maximum Gasteiger partial charge on any atom is 0.146 e. The van der Waals surface area contributed by atoms with Crippen LogP contribution in [0.3, 0.4) is 0 Å². The fraction of sp³-hybridized carbons (Fsp3) is 0.167. The van der Waals surface area contributed by atoms with Crippen molar-refractivity contribution in [3.8, 4) is 0 Å².